The Hall–Kier alpha value is -0.930. The Labute approximate surface area is 84.9 Å². The number of hydrogen-bond donors (Lipinski definition) is 0. The zero-order valence-corrected chi connectivity index (χ0v) is 8.30. The SMILES string of the molecule is C#CCCCC(Cl)c1ccccc1. The highest BCUT2D eigenvalue weighted by molar-refractivity contribution is 6.20. The lowest BCUT2D eigenvalue weighted by atomic mass is 10.1. The second-order valence-electron chi connectivity index (χ2n) is 2.97. The van der Waals surface area contributed by atoms with Crippen molar-refractivity contribution in [2.75, 3.05) is 0 Å². The summed E-state index contributed by atoms with van der Waals surface area (Å²) >= 11 is 6.17. The van der Waals surface area contributed by atoms with Gasteiger partial charge in [-0.2, -0.15) is 0 Å². The Kier molecular flexibility index (Phi) is 4.43. The van der Waals surface area contributed by atoms with Gasteiger partial charge in [0, 0.05) is 6.42 Å². The molecule has 0 fully saturated rings. The lowest BCUT2D eigenvalue weighted by molar-refractivity contribution is 0.736. The van der Waals surface area contributed by atoms with Crippen molar-refractivity contribution in [2.24, 2.45) is 0 Å². The molecule has 0 N–H and O–H groups in total. The molecule has 1 aromatic carbocycles. The molecule has 0 aliphatic heterocycles. The number of rotatable bonds is 4. The van der Waals surface area contributed by atoms with Gasteiger partial charge in [0.05, 0.1) is 5.38 Å². The van der Waals surface area contributed by atoms with E-state index in [0.29, 0.717) is 0 Å². The molecule has 0 amide bonds. The second-order valence-corrected chi connectivity index (χ2v) is 3.50. The minimum absolute atomic E-state index is 0.106. The van der Waals surface area contributed by atoms with Crippen molar-refractivity contribution in [2.45, 2.75) is 24.6 Å². The molecule has 1 unspecified atom stereocenters. The van der Waals surface area contributed by atoms with E-state index >= 15 is 0 Å². The van der Waals surface area contributed by atoms with Crippen LogP contribution in [0, 0.1) is 12.3 Å². The van der Waals surface area contributed by atoms with Crippen molar-refractivity contribution in [1.82, 2.24) is 0 Å². The van der Waals surface area contributed by atoms with Gasteiger partial charge < -0.3 is 0 Å². The van der Waals surface area contributed by atoms with Crippen LogP contribution in [-0.2, 0) is 0 Å². The van der Waals surface area contributed by atoms with E-state index in [2.05, 4.69) is 5.92 Å². The first-order valence-electron chi connectivity index (χ1n) is 4.47. The molecule has 0 aromatic heterocycles. The van der Waals surface area contributed by atoms with Crippen molar-refractivity contribution in [1.29, 1.82) is 0 Å². The largest absolute Gasteiger partial charge is 0.120 e. The predicted octanol–water partition coefficient (Wildman–Crippen LogP) is 3.77. The fourth-order valence-corrected chi connectivity index (χ4v) is 1.51. The highest BCUT2D eigenvalue weighted by Crippen LogP contribution is 2.25. The lowest BCUT2D eigenvalue weighted by Crippen LogP contribution is -1.89. The van der Waals surface area contributed by atoms with Gasteiger partial charge in [0.25, 0.3) is 0 Å². The van der Waals surface area contributed by atoms with Crippen LogP contribution in [0.5, 0.6) is 0 Å². The number of hydrogen-bond acceptors (Lipinski definition) is 0. The van der Waals surface area contributed by atoms with Gasteiger partial charge in [0.2, 0.25) is 0 Å². The van der Waals surface area contributed by atoms with E-state index < -0.39 is 0 Å². The minimum Gasteiger partial charge on any atom is -0.120 e. The van der Waals surface area contributed by atoms with Crippen molar-refractivity contribution in [3.05, 3.63) is 35.9 Å². The number of unbranched alkanes of at least 4 members (excludes halogenated alkanes) is 1. The van der Waals surface area contributed by atoms with E-state index in [0.717, 1.165) is 19.3 Å². The number of halogens is 1. The summed E-state index contributed by atoms with van der Waals surface area (Å²) in [4.78, 5) is 0. The van der Waals surface area contributed by atoms with E-state index in [1.165, 1.54) is 5.56 Å². The van der Waals surface area contributed by atoms with Crippen LogP contribution in [0.2, 0.25) is 0 Å². The van der Waals surface area contributed by atoms with Gasteiger partial charge in [0.1, 0.15) is 0 Å². The van der Waals surface area contributed by atoms with Crippen LogP contribution in [0.3, 0.4) is 0 Å². The molecule has 68 valence electrons. The molecule has 0 aliphatic rings. The standard InChI is InChI=1S/C12H13Cl/c1-2-3-5-10-12(13)11-8-6-4-7-9-11/h1,4,6-9,12H,3,5,10H2. The maximum Gasteiger partial charge on any atom is 0.0585 e. The minimum atomic E-state index is 0.106. The van der Waals surface area contributed by atoms with E-state index in [-0.39, 0.29) is 5.38 Å². The molecule has 0 radical (unpaired) electrons. The summed E-state index contributed by atoms with van der Waals surface area (Å²) in [6.07, 6.45) is 7.93. The first kappa shape index (κ1) is 10.2. The molecule has 1 heteroatoms. The Balaban J connectivity index is 2.41. The van der Waals surface area contributed by atoms with Crippen LogP contribution < -0.4 is 0 Å². The molecule has 1 atom stereocenters. The van der Waals surface area contributed by atoms with Crippen LogP contribution >= 0.6 is 11.6 Å². The molecule has 0 saturated heterocycles. The first-order valence-corrected chi connectivity index (χ1v) is 4.90. The monoisotopic (exact) mass is 192 g/mol. The maximum absolute atomic E-state index is 6.17. The fraction of sp³-hybridized carbons (Fsp3) is 0.333. The van der Waals surface area contributed by atoms with E-state index in [1.54, 1.807) is 0 Å². The molecule has 0 spiro atoms. The van der Waals surface area contributed by atoms with Crippen molar-refractivity contribution < 1.29 is 0 Å². The summed E-state index contributed by atoms with van der Waals surface area (Å²) in [5.74, 6) is 2.62. The Bertz CT molecular complexity index is 271. The highest BCUT2D eigenvalue weighted by Gasteiger charge is 2.05. The topological polar surface area (TPSA) is 0 Å². The van der Waals surface area contributed by atoms with Crippen molar-refractivity contribution >= 4 is 11.6 Å². The summed E-state index contributed by atoms with van der Waals surface area (Å²) in [6.45, 7) is 0. The summed E-state index contributed by atoms with van der Waals surface area (Å²) in [6, 6.07) is 10.1. The molecule has 13 heavy (non-hydrogen) atoms. The molecule has 0 bridgehead atoms. The fourth-order valence-electron chi connectivity index (χ4n) is 1.21. The van der Waals surface area contributed by atoms with Gasteiger partial charge in [-0.25, -0.2) is 0 Å². The Morgan fingerprint density at radius 3 is 2.62 bits per heavy atom. The van der Waals surface area contributed by atoms with Gasteiger partial charge >= 0.3 is 0 Å². The van der Waals surface area contributed by atoms with E-state index in [1.807, 2.05) is 30.3 Å². The van der Waals surface area contributed by atoms with E-state index in [9.17, 15) is 0 Å². The third-order valence-corrected chi connectivity index (χ3v) is 2.41. The quantitative estimate of drug-likeness (QED) is 0.387. The normalized spacial score (nSPS) is 12.0. The maximum atomic E-state index is 6.17. The number of benzene rings is 1. The van der Waals surface area contributed by atoms with Crippen molar-refractivity contribution in [3.63, 3.8) is 0 Å². The summed E-state index contributed by atoms with van der Waals surface area (Å²) < 4.78 is 0. The number of terminal acetylenes is 1. The molecular formula is C12H13Cl. The predicted molar refractivity (Wildman–Crippen MR) is 57.7 cm³/mol. The van der Waals surface area contributed by atoms with Crippen LogP contribution in [0.15, 0.2) is 30.3 Å². The third-order valence-electron chi connectivity index (χ3n) is 1.94. The van der Waals surface area contributed by atoms with Crippen LogP contribution in [0.4, 0.5) is 0 Å². The van der Waals surface area contributed by atoms with Crippen LogP contribution in [-0.4, -0.2) is 0 Å². The number of alkyl halides is 1. The molecule has 0 nitrogen and oxygen atoms in total. The second kappa shape index (κ2) is 5.67. The van der Waals surface area contributed by atoms with Crippen LogP contribution in [0.1, 0.15) is 30.2 Å². The smallest absolute Gasteiger partial charge is 0.0585 e. The summed E-state index contributed by atoms with van der Waals surface area (Å²) in [7, 11) is 0. The van der Waals surface area contributed by atoms with Crippen molar-refractivity contribution in [3.8, 4) is 12.3 Å². The lowest BCUT2D eigenvalue weighted by Gasteiger charge is -2.07. The highest BCUT2D eigenvalue weighted by atomic mass is 35.5. The molecular weight excluding hydrogens is 180 g/mol. The summed E-state index contributed by atoms with van der Waals surface area (Å²) in [5.41, 5.74) is 1.18. The molecule has 0 aliphatic carbocycles. The van der Waals surface area contributed by atoms with E-state index in [4.69, 9.17) is 18.0 Å². The average molecular weight is 193 g/mol. The summed E-state index contributed by atoms with van der Waals surface area (Å²) in [5, 5.41) is 0.106. The van der Waals surface area contributed by atoms with Gasteiger partial charge in [0.15, 0.2) is 0 Å². The van der Waals surface area contributed by atoms with Gasteiger partial charge in [-0.15, -0.1) is 23.9 Å². The molecule has 1 rings (SSSR count). The Morgan fingerprint density at radius 1 is 1.31 bits per heavy atom. The molecule has 0 saturated carbocycles. The molecule has 1 aromatic rings. The van der Waals surface area contributed by atoms with Gasteiger partial charge in [-0.3, -0.25) is 0 Å². The average Bonchev–Trinajstić information content (AvgIpc) is 2.19. The van der Waals surface area contributed by atoms with Crippen LogP contribution in [0.25, 0.3) is 0 Å². The zero-order chi connectivity index (χ0) is 9.52. The third kappa shape index (κ3) is 3.53. The van der Waals surface area contributed by atoms with Gasteiger partial charge in [-0.1, -0.05) is 30.3 Å². The first-order chi connectivity index (χ1) is 6.34. The van der Waals surface area contributed by atoms with Gasteiger partial charge in [-0.05, 0) is 18.4 Å². The Morgan fingerprint density at radius 2 is 2.00 bits per heavy atom. The zero-order valence-electron chi connectivity index (χ0n) is 7.54. The molecule has 0 heterocycles.